The Morgan fingerprint density at radius 2 is 0.748 bits per heavy atom. The van der Waals surface area contributed by atoms with Gasteiger partial charge in [-0.2, -0.15) is 20.4 Å². The topological polar surface area (TPSA) is 281 Å². The third-order valence-corrected chi connectivity index (χ3v) is 20.8. The number of halogens is 6. The van der Waals surface area contributed by atoms with Crippen molar-refractivity contribution in [2.24, 2.45) is 41.2 Å². The number of carbonyl (C=O) groups excluding carboxylic acids is 4. The van der Waals surface area contributed by atoms with E-state index in [0.717, 1.165) is 71.2 Å². The molecular formula is C84H103F6N13O8. The van der Waals surface area contributed by atoms with Crippen LogP contribution in [0.25, 0.3) is 17.1 Å². The van der Waals surface area contributed by atoms with E-state index in [1.54, 1.807) is 18.6 Å². The molecule has 0 spiro atoms. The molecule has 0 saturated heterocycles. The summed E-state index contributed by atoms with van der Waals surface area (Å²) in [5.74, 6) is -3.03. The summed E-state index contributed by atoms with van der Waals surface area (Å²) < 4.78 is 87.1. The van der Waals surface area contributed by atoms with Gasteiger partial charge in [-0.3, -0.25) is 24.0 Å². The lowest BCUT2D eigenvalue weighted by atomic mass is 9.95. The van der Waals surface area contributed by atoms with E-state index in [4.69, 9.17) is 5.73 Å². The van der Waals surface area contributed by atoms with Gasteiger partial charge in [0.25, 0.3) is 0 Å². The number of amides is 4. The molecule has 3 heterocycles. The van der Waals surface area contributed by atoms with Crippen molar-refractivity contribution < 1.29 is 65.7 Å². The Morgan fingerprint density at radius 3 is 0.982 bits per heavy atom. The van der Waals surface area contributed by atoms with Gasteiger partial charge >= 0.3 is 0 Å². The SMILES string of the molecule is CC(=O)NC(Cc1cc(F)cc(F)c1)C(O)CNC1(c2cccc(-n3cccn3)c2)CC1C(C)C.CC(=O)NC(Cc1cc(F)cc(F)c1)C(O)CNC1(c2cccc(-n3cccn3)c2)CC1C(C)C.CC(C)C1CC1(NCC(O)C(N)Cc1cc(F)cc(F)c1)c1cccc(-n2cccn2)c1.CON(C(C)=O)C(C)=O. The molecule has 0 bridgehead atoms. The van der Waals surface area contributed by atoms with Crippen LogP contribution in [-0.4, -0.2) is 137 Å². The zero-order chi connectivity index (χ0) is 80.6. The Kier molecular flexibility index (Phi) is 29.2. The van der Waals surface area contributed by atoms with Crippen LogP contribution in [0.3, 0.4) is 0 Å². The quantitative estimate of drug-likeness (QED) is 0.0150. The van der Waals surface area contributed by atoms with Gasteiger partial charge in [0.1, 0.15) is 34.9 Å². The van der Waals surface area contributed by atoms with Gasteiger partial charge in [-0.25, -0.2) is 40.4 Å². The fraction of sp³-hybridized carbons (Fsp3) is 0.417. The third kappa shape index (κ3) is 22.8. The molecule has 0 radical (unpaired) electrons. The molecule has 10 N–H and O–H groups in total. The molecule has 9 aromatic rings. The van der Waals surface area contributed by atoms with Crippen LogP contribution in [-0.2, 0) is 59.9 Å². The normalized spacial score (nSPS) is 20.4. The van der Waals surface area contributed by atoms with Gasteiger partial charge < -0.3 is 47.6 Å². The first-order chi connectivity index (χ1) is 52.7. The highest BCUT2D eigenvalue weighted by Gasteiger charge is 2.58. The second-order valence-electron chi connectivity index (χ2n) is 30.2. The van der Waals surface area contributed by atoms with Crippen molar-refractivity contribution in [2.75, 3.05) is 26.7 Å². The number of hydrogen-bond donors (Lipinski definition) is 9. The Labute approximate surface area is 644 Å². The summed E-state index contributed by atoms with van der Waals surface area (Å²) in [5, 5.41) is 62.6. The summed E-state index contributed by atoms with van der Waals surface area (Å²) in [6.07, 6.45) is 11.3. The second-order valence-corrected chi connectivity index (χ2v) is 30.2. The molecule has 21 nitrogen and oxygen atoms in total. The zero-order valence-corrected chi connectivity index (χ0v) is 64.5. The summed E-state index contributed by atoms with van der Waals surface area (Å²) in [4.78, 5) is 48.8. The Hall–Kier alpha value is -9.71. The van der Waals surface area contributed by atoms with E-state index in [1.807, 2.05) is 87.2 Å². The first-order valence-corrected chi connectivity index (χ1v) is 37.3. The minimum Gasteiger partial charge on any atom is -0.390 e. The van der Waals surface area contributed by atoms with Gasteiger partial charge in [-0.05, 0) is 198 Å². The number of aliphatic hydroxyl groups excluding tert-OH is 3. The van der Waals surface area contributed by atoms with Crippen LogP contribution in [0.15, 0.2) is 183 Å². The maximum Gasteiger partial charge on any atom is 0.250 e. The molecule has 27 heteroatoms. The molecule has 111 heavy (non-hydrogen) atoms. The average molecular weight is 1540 g/mol. The molecule has 3 fully saturated rings. The summed E-state index contributed by atoms with van der Waals surface area (Å²) in [6.45, 7) is 19.1. The summed E-state index contributed by atoms with van der Waals surface area (Å²) in [5.41, 5.74) is 12.7. The maximum absolute atomic E-state index is 13.7. The minimum absolute atomic E-state index is 0.104. The molecule has 594 valence electrons. The molecule has 3 aliphatic rings. The maximum atomic E-state index is 13.7. The van der Waals surface area contributed by atoms with Crippen molar-refractivity contribution in [3.63, 3.8) is 0 Å². The van der Waals surface area contributed by atoms with Crippen molar-refractivity contribution >= 4 is 23.6 Å². The number of aromatic nitrogens is 6. The van der Waals surface area contributed by atoms with E-state index in [9.17, 15) is 60.8 Å². The summed E-state index contributed by atoms with van der Waals surface area (Å²) >= 11 is 0. The van der Waals surface area contributed by atoms with Crippen LogP contribution in [0.5, 0.6) is 0 Å². The van der Waals surface area contributed by atoms with Crippen molar-refractivity contribution in [3.8, 4) is 17.1 Å². The number of rotatable bonds is 30. The van der Waals surface area contributed by atoms with Gasteiger partial charge in [-0.15, -0.1) is 0 Å². The van der Waals surface area contributed by atoms with Crippen molar-refractivity contribution in [1.82, 2.24) is 61.0 Å². The van der Waals surface area contributed by atoms with E-state index in [0.29, 0.717) is 57.3 Å². The molecular weight excluding hydrogens is 1430 g/mol. The van der Waals surface area contributed by atoms with Crippen molar-refractivity contribution in [2.45, 2.75) is 161 Å². The molecule has 3 saturated carbocycles. The highest BCUT2D eigenvalue weighted by Crippen LogP contribution is 2.58. The van der Waals surface area contributed by atoms with Gasteiger partial charge in [0.2, 0.25) is 23.6 Å². The van der Waals surface area contributed by atoms with E-state index < -0.39 is 83.2 Å². The molecule has 3 aliphatic carbocycles. The fourth-order valence-corrected chi connectivity index (χ4v) is 15.2. The third-order valence-electron chi connectivity index (χ3n) is 20.8. The zero-order valence-electron chi connectivity index (χ0n) is 64.5. The van der Waals surface area contributed by atoms with Gasteiger partial charge in [0.15, 0.2) is 0 Å². The Bertz CT molecular complexity index is 4300. The van der Waals surface area contributed by atoms with Crippen LogP contribution >= 0.6 is 0 Å². The second kappa shape index (κ2) is 38.0. The van der Waals surface area contributed by atoms with Crippen LogP contribution < -0.4 is 32.3 Å². The van der Waals surface area contributed by atoms with Crippen LogP contribution in [0.2, 0.25) is 0 Å². The standard InChI is InChI=1S/2C27H32F2N4O2.C25H30F2N4O.C5H9NO3/c2*1-17(2)24-15-27(24,20-6-4-7-23(13-20)33-9-5-8-31-33)30-16-26(35)25(32-18(3)34)12-19-10-21(28)14-22(29)11-19;1-16(2)22-14-25(22,18-5-3-6-21(12-18)31-8-4-7-30-31)29-15-24(32)23(28)11-17-9-19(26)13-20(27)10-17;1-4(7)6(9-3)5(2)8/h2*4-11,13-14,17,24-26,30,35H,12,15-16H2,1-3H3,(H,32,34);3-10,12-13,16,22-24,29,32H,11,14-15,28H2,1-2H3;1-3H3. The number of nitrogens with zero attached hydrogens (tertiary/aromatic N) is 7. The molecule has 12 unspecified atom stereocenters. The Morgan fingerprint density at radius 1 is 0.459 bits per heavy atom. The molecule has 6 aromatic carbocycles. The number of hydrogen-bond acceptors (Lipinski definition) is 15. The summed E-state index contributed by atoms with van der Waals surface area (Å²) in [6, 6.07) is 38.0. The van der Waals surface area contributed by atoms with E-state index >= 15 is 0 Å². The number of nitrogens with two attached hydrogens (primary N) is 1. The Balaban J connectivity index is 0.000000181. The van der Waals surface area contributed by atoms with Crippen LogP contribution in [0.1, 0.15) is 122 Å². The lowest BCUT2D eigenvalue weighted by molar-refractivity contribution is -0.184. The van der Waals surface area contributed by atoms with Gasteiger partial charge in [0, 0.05) is 125 Å². The predicted molar refractivity (Wildman–Crippen MR) is 410 cm³/mol. The van der Waals surface area contributed by atoms with Crippen molar-refractivity contribution in [1.29, 1.82) is 0 Å². The largest absolute Gasteiger partial charge is 0.390 e. The molecule has 0 aliphatic heterocycles. The smallest absolute Gasteiger partial charge is 0.250 e. The first-order valence-electron chi connectivity index (χ1n) is 37.3. The van der Waals surface area contributed by atoms with Gasteiger partial charge in [-0.1, -0.05) is 77.9 Å². The van der Waals surface area contributed by atoms with Gasteiger partial charge in [0.05, 0.1) is 54.6 Å². The monoisotopic (exact) mass is 1540 g/mol. The van der Waals surface area contributed by atoms with E-state index in [2.05, 4.69) is 125 Å². The fourth-order valence-electron chi connectivity index (χ4n) is 15.2. The minimum atomic E-state index is -0.968. The average Bonchev–Trinajstić information content (AvgIpc) is 1.58. The number of imide groups is 1. The van der Waals surface area contributed by atoms with E-state index in [1.165, 1.54) is 71.2 Å². The first kappa shape index (κ1) is 85.3. The number of aliphatic hydroxyl groups is 3. The number of nitrogens with one attached hydrogen (secondary N) is 5. The molecule has 4 amide bonds. The van der Waals surface area contributed by atoms with Crippen LogP contribution in [0, 0.1) is 70.4 Å². The molecule has 3 aromatic heterocycles. The molecule has 12 atom stereocenters. The highest BCUT2D eigenvalue weighted by molar-refractivity contribution is 5.91. The predicted octanol–water partition coefficient (Wildman–Crippen LogP) is 10.9. The number of benzene rings is 6. The highest BCUT2D eigenvalue weighted by atomic mass is 19.2. The molecule has 12 rings (SSSR count). The van der Waals surface area contributed by atoms with Crippen molar-refractivity contribution in [3.05, 3.63) is 251 Å². The lowest BCUT2D eigenvalue weighted by Crippen LogP contribution is -2.50. The summed E-state index contributed by atoms with van der Waals surface area (Å²) in [7, 11) is 1.27. The van der Waals surface area contributed by atoms with E-state index in [-0.39, 0.29) is 67.3 Å². The number of carbonyl (C=O) groups is 4. The number of hydroxylamine groups is 2. The van der Waals surface area contributed by atoms with Crippen LogP contribution in [0.4, 0.5) is 26.3 Å². The lowest BCUT2D eigenvalue weighted by Gasteiger charge is -2.28.